The van der Waals surface area contributed by atoms with Crippen LogP contribution in [0.5, 0.6) is 0 Å². The molecule has 1 aromatic heterocycles. The van der Waals surface area contributed by atoms with Crippen molar-refractivity contribution >= 4 is 49.8 Å². The number of benzene rings is 1. The van der Waals surface area contributed by atoms with Crippen LogP contribution in [0.25, 0.3) is 10.1 Å². The van der Waals surface area contributed by atoms with Gasteiger partial charge in [-0.25, -0.2) is 9.80 Å². The average molecular weight is 426 g/mol. The lowest BCUT2D eigenvalue weighted by Crippen LogP contribution is -2.61. The molecule has 3 heterocycles. The van der Waals surface area contributed by atoms with Crippen molar-refractivity contribution in [3.8, 4) is 0 Å². The van der Waals surface area contributed by atoms with Gasteiger partial charge in [0.1, 0.15) is 11.0 Å². The molecule has 1 saturated heterocycles. The molecule has 2 unspecified atom stereocenters. The summed E-state index contributed by atoms with van der Waals surface area (Å²) in [6.45, 7) is 5.93. The molecule has 1 aromatic carbocycles. The smallest absolute Gasteiger partial charge is 0.329 e. The van der Waals surface area contributed by atoms with Crippen LogP contribution in [0.15, 0.2) is 58.9 Å². The lowest BCUT2D eigenvalue weighted by molar-refractivity contribution is -0.152. The Morgan fingerprint density at radius 2 is 2.21 bits per heavy atom. The molecule has 0 radical (unpaired) electrons. The molecular weight excluding hydrogens is 406 g/mol. The van der Waals surface area contributed by atoms with E-state index in [0.29, 0.717) is 10.9 Å². The first-order valence-electron chi connectivity index (χ1n) is 9.51. The van der Waals surface area contributed by atoms with Gasteiger partial charge in [0.05, 0.1) is 0 Å². The first-order valence-corrected chi connectivity index (χ1v) is 10.7. The molecular formula is C22H20ClN3O2S. The quantitative estimate of drug-likeness (QED) is 0.512. The fraction of sp³-hybridized carbons (Fsp3) is 0.273. The van der Waals surface area contributed by atoms with Crippen molar-refractivity contribution < 1.29 is 9.53 Å². The second-order valence-corrected chi connectivity index (χ2v) is 9.07. The number of morpholine rings is 1. The number of hydrazone groups is 1. The van der Waals surface area contributed by atoms with Gasteiger partial charge in [-0.3, -0.25) is 0 Å². The number of hydrogen-bond acceptors (Lipinski definition) is 6. The van der Waals surface area contributed by atoms with Crippen molar-refractivity contribution in [2.45, 2.75) is 38.8 Å². The van der Waals surface area contributed by atoms with Gasteiger partial charge in [-0.15, -0.1) is 16.4 Å². The van der Waals surface area contributed by atoms with Gasteiger partial charge in [-0.1, -0.05) is 23.3 Å². The third-order valence-corrected chi connectivity index (χ3v) is 7.13. The molecule has 1 aliphatic carbocycles. The van der Waals surface area contributed by atoms with Crippen LogP contribution in [0.3, 0.4) is 0 Å². The molecule has 2 aromatic rings. The fourth-order valence-corrected chi connectivity index (χ4v) is 5.34. The zero-order valence-electron chi connectivity index (χ0n) is 16.3. The molecule has 1 fully saturated rings. The summed E-state index contributed by atoms with van der Waals surface area (Å²) in [5.41, 5.74) is 2.23. The number of carbonyl (C=O) groups is 1. The second-order valence-electron chi connectivity index (χ2n) is 7.60. The topological polar surface area (TPSA) is 53.9 Å². The van der Waals surface area contributed by atoms with E-state index in [2.05, 4.69) is 19.2 Å². The van der Waals surface area contributed by atoms with Gasteiger partial charge in [0.15, 0.2) is 5.84 Å². The maximum absolute atomic E-state index is 12.4. The molecule has 1 spiro atoms. The third kappa shape index (κ3) is 2.74. The Hall–Kier alpha value is -2.57. The predicted molar refractivity (Wildman–Crippen MR) is 119 cm³/mol. The van der Waals surface area contributed by atoms with E-state index in [0.717, 1.165) is 38.2 Å². The first-order chi connectivity index (χ1) is 13.9. The van der Waals surface area contributed by atoms with E-state index in [9.17, 15) is 4.79 Å². The Morgan fingerprint density at radius 3 is 3.03 bits per heavy atom. The van der Waals surface area contributed by atoms with Gasteiger partial charge in [0, 0.05) is 21.5 Å². The fourth-order valence-electron chi connectivity index (χ4n) is 4.05. The van der Waals surface area contributed by atoms with Gasteiger partial charge >= 0.3 is 5.97 Å². The number of carbonyl (C=O) groups excluding carboxylic acids is 1. The van der Waals surface area contributed by atoms with Crippen LogP contribution in [-0.4, -0.2) is 23.4 Å². The summed E-state index contributed by atoms with van der Waals surface area (Å²) in [6, 6.07) is 5.46. The molecule has 2 aliphatic heterocycles. The van der Waals surface area contributed by atoms with Crippen molar-refractivity contribution in [2.75, 3.05) is 5.01 Å². The minimum Gasteiger partial charge on any atom is -0.440 e. The Kier molecular flexibility index (Phi) is 4.12. The molecule has 2 atom stereocenters. The van der Waals surface area contributed by atoms with E-state index < -0.39 is 11.6 Å². The van der Waals surface area contributed by atoms with Crippen molar-refractivity contribution in [1.82, 2.24) is 5.32 Å². The van der Waals surface area contributed by atoms with Crippen LogP contribution in [-0.2, 0) is 9.53 Å². The summed E-state index contributed by atoms with van der Waals surface area (Å²) >= 11 is 7.87. The zero-order chi connectivity index (χ0) is 20.3. The summed E-state index contributed by atoms with van der Waals surface area (Å²) in [5.74, 6) is 0.338. The van der Waals surface area contributed by atoms with E-state index in [1.807, 2.05) is 47.6 Å². The molecule has 5 rings (SSSR count). The van der Waals surface area contributed by atoms with Gasteiger partial charge in [0.2, 0.25) is 5.60 Å². The zero-order valence-corrected chi connectivity index (χ0v) is 17.9. The Morgan fingerprint density at radius 1 is 1.38 bits per heavy atom. The summed E-state index contributed by atoms with van der Waals surface area (Å²) in [6.07, 6.45) is 8.76. The summed E-state index contributed by atoms with van der Waals surface area (Å²) in [4.78, 5) is 12.4. The normalized spacial score (nSPS) is 25.9. The van der Waals surface area contributed by atoms with Crippen LogP contribution < -0.4 is 10.3 Å². The highest BCUT2D eigenvalue weighted by atomic mass is 35.5. The number of thiophene rings is 1. The highest BCUT2D eigenvalue weighted by Crippen LogP contribution is 2.42. The molecule has 148 valence electrons. The first kappa shape index (κ1) is 18.5. The van der Waals surface area contributed by atoms with E-state index in [-0.39, 0.29) is 5.97 Å². The number of ether oxygens (including phenoxy) is 1. The molecule has 0 amide bonds. The van der Waals surface area contributed by atoms with Crippen LogP contribution in [0.2, 0.25) is 5.02 Å². The number of esters is 1. The second kappa shape index (κ2) is 6.47. The van der Waals surface area contributed by atoms with Crippen molar-refractivity contribution in [3.05, 3.63) is 64.4 Å². The number of hydrogen-bond donors (Lipinski definition) is 1. The van der Waals surface area contributed by atoms with Crippen LogP contribution in [0, 0.1) is 6.92 Å². The summed E-state index contributed by atoms with van der Waals surface area (Å²) in [7, 11) is 0. The van der Waals surface area contributed by atoms with Gasteiger partial charge in [-0.05, 0) is 68.5 Å². The molecule has 29 heavy (non-hydrogen) atoms. The van der Waals surface area contributed by atoms with E-state index in [1.165, 1.54) is 0 Å². The number of amidine groups is 1. The van der Waals surface area contributed by atoms with Gasteiger partial charge in [0.25, 0.3) is 0 Å². The summed E-state index contributed by atoms with van der Waals surface area (Å²) in [5, 5.41) is 12.9. The molecule has 1 N–H and O–H groups in total. The standard InChI is InChI=1S/C22H20ClN3O2S/c1-12-5-4-9-22-17(12)8-10-26(25-21(22)24-14(3)20(27)28-22)19-13(2)16-11-15(23)6-7-18(16)29-19/h4,6-11,14H,5H2,1-3H3,(H,24,25). The third-order valence-electron chi connectivity index (χ3n) is 5.63. The summed E-state index contributed by atoms with van der Waals surface area (Å²) < 4.78 is 7.12. The largest absolute Gasteiger partial charge is 0.440 e. The van der Waals surface area contributed by atoms with Crippen LogP contribution in [0.1, 0.15) is 25.8 Å². The number of nitrogens with one attached hydrogen (secondary N) is 1. The van der Waals surface area contributed by atoms with Gasteiger partial charge in [-0.2, -0.15) is 0 Å². The number of allylic oxidation sites excluding steroid dienone is 2. The lowest BCUT2D eigenvalue weighted by Gasteiger charge is -2.40. The highest BCUT2D eigenvalue weighted by Gasteiger charge is 2.49. The maximum Gasteiger partial charge on any atom is 0.329 e. The van der Waals surface area contributed by atoms with Crippen molar-refractivity contribution in [1.29, 1.82) is 0 Å². The predicted octanol–water partition coefficient (Wildman–Crippen LogP) is 5.06. The van der Waals surface area contributed by atoms with E-state index in [1.54, 1.807) is 18.3 Å². The van der Waals surface area contributed by atoms with Crippen molar-refractivity contribution in [3.63, 3.8) is 0 Å². The number of nitrogens with zero attached hydrogens (tertiary/aromatic N) is 2. The monoisotopic (exact) mass is 425 g/mol. The van der Waals surface area contributed by atoms with Crippen molar-refractivity contribution in [2.24, 2.45) is 5.10 Å². The number of fused-ring (bicyclic) bond motifs is 1. The molecule has 3 aliphatic rings. The Bertz CT molecular complexity index is 1180. The molecule has 7 heteroatoms. The Balaban J connectivity index is 1.70. The number of halogens is 1. The minimum absolute atomic E-state index is 0.282. The minimum atomic E-state index is -0.995. The number of rotatable bonds is 1. The average Bonchev–Trinajstić information content (AvgIpc) is 2.90. The van der Waals surface area contributed by atoms with Crippen LogP contribution >= 0.6 is 22.9 Å². The maximum atomic E-state index is 12.4. The highest BCUT2D eigenvalue weighted by molar-refractivity contribution is 7.23. The number of aryl methyl sites for hydroxylation is 1. The van der Waals surface area contributed by atoms with Crippen LogP contribution in [0.4, 0.5) is 5.00 Å². The van der Waals surface area contributed by atoms with E-state index >= 15 is 0 Å². The molecule has 5 nitrogen and oxygen atoms in total. The SMILES string of the molecule is CC1=C2C=CN(c3sc4ccc(Cl)cc4c3C)N=C3NC(C)C(=O)OC32C=CC1. The number of anilines is 1. The van der Waals surface area contributed by atoms with Gasteiger partial charge < -0.3 is 10.1 Å². The lowest BCUT2D eigenvalue weighted by atomic mass is 9.82. The Labute approximate surface area is 178 Å². The molecule has 0 bridgehead atoms. The van der Waals surface area contributed by atoms with E-state index in [4.69, 9.17) is 21.4 Å². The molecule has 0 saturated carbocycles.